The van der Waals surface area contributed by atoms with Gasteiger partial charge in [-0.25, -0.2) is 0 Å². The maximum atomic E-state index is 12.7. The van der Waals surface area contributed by atoms with Crippen LogP contribution in [0.3, 0.4) is 0 Å². The largest absolute Gasteiger partial charge is 0.435 e. The molecule has 2 amide bonds. The van der Waals surface area contributed by atoms with Gasteiger partial charge in [0.2, 0.25) is 11.8 Å². The van der Waals surface area contributed by atoms with Gasteiger partial charge >= 0.3 is 6.61 Å². The third-order valence-electron chi connectivity index (χ3n) is 4.69. The first-order valence-electron chi connectivity index (χ1n) is 9.51. The number of anilines is 1. The smallest absolute Gasteiger partial charge is 0.387 e. The Morgan fingerprint density at radius 3 is 2.20 bits per heavy atom. The van der Waals surface area contributed by atoms with E-state index < -0.39 is 12.7 Å². The van der Waals surface area contributed by atoms with Gasteiger partial charge in [0, 0.05) is 19.3 Å². The summed E-state index contributed by atoms with van der Waals surface area (Å²) in [5.74, 6) is -0.395. The number of rotatable bonds is 9. The Morgan fingerprint density at radius 1 is 1.03 bits per heavy atom. The third-order valence-corrected chi connectivity index (χ3v) is 4.69. The van der Waals surface area contributed by atoms with Gasteiger partial charge in [-0.15, -0.1) is 0 Å². The molecule has 0 aliphatic heterocycles. The molecule has 0 spiro atoms. The number of amides is 2. The van der Waals surface area contributed by atoms with Gasteiger partial charge in [-0.05, 0) is 50.7 Å². The van der Waals surface area contributed by atoms with Gasteiger partial charge in [0.15, 0.2) is 0 Å². The van der Waals surface area contributed by atoms with Crippen LogP contribution < -0.4 is 10.1 Å². The summed E-state index contributed by atoms with van der Waals surface area (Å²) >= 11 is 0. The number of aryl methyl sites for hydroxylation is 1. The maximum Gasteiger partial charge on any atom is 0.387 e. The van der Waals surface area contributed by atoms with Crippen molar-refractivity contribution in [3.8, 4) is 5.75 Å². The highest BCUT2D eigenvalue weighted by Gasteiger charge is 2.23. The summed E-state index contributed by atoms with van der Waals surface area (Å²) in [4.78, 5) is 28.1. The topological polar surface area (TPSA) is 61.9 Å². The van der Waals surface area contributed by atoms with Gasteiger partial charge in [0.25, 0.3) is 0 Å². The lowest BCUT2D eigenvalue weighted by molar-refractivity contribution is -0.137. The predicted molar refractivity (Wildman–Crippen MR) is 111 cm³/mol. The van der Waals surface area contributed by atoms with Crippen LogP contribution in [0.2, 0.25) is 0 Å². The number of nitrogens with one attached hydrogen (secondary N) is 1. The number of ether oxygens (including phenoxy) is 1. The number of hydrogen-bond acceptors (Lipinski definition) is 4. The first-order chi connectivity index (χ1) is 14.2. The van der Waals surface area contributed by atoms with E-state index in [0.29, 0.717) is 12.2 Å². The van der Waals surface area contributed by atoms with E-state index in [1.165, 1.54) is 17.0 Å². The van der Waals surface area contributed by atoms with Gasteiger partial charge in [-0.3, -0.25) is 14.5 Å². The van der Waals surface area contributed by atoms with Crippen LogP contribution in [-0.2, 0) is 16.1 Å². The lowest BCUT2D eigenvalue weighted by Gasteiger charge is -2.28. The van der Waals surface area contributed by atoms with Crippen molar-refractivity contribution >= 4 is 17.5 Å². The molecular weight excluding hydrogens is 392 g/mol. The number of hydrogen-bond donors (Lipinski definition) is 1. The minimum Gasteiger partial charge on any atom is -0.435 e. The summed E-state index contributed by atoms with van der Waals surface area (Å²) in [5, 5.41) is 2.77. The van der Waals surface area contributed by atoms with Crippen molar-refractivity contribution in [2.45, 2.75) is 33.0 Å². The van der Waals surface area contributed by atoms with Crippen LogP contribution in [0.1, 0.15) is 18.1 Å². The summed E-state index contributed by atoms with van der Waals surface area (Å²) in [5.41, 5.74) is 2.61. The Morgan fingerprint density at radius 2 is 1.63 bits per heavy atom. The van der Waals surface area contributed by atoms with Crippen molar-refractivity contribution in [2.75, 3.05) is 26.0 Å². The van der Waals surface area contributed by atoms with Crippen molar-refractivity contribution in [2.24, 2.45) is 0 Å². The van der Waals surface area contributed by atoms with Gasteiger partial charge < -0.3 is 15.0 Å². The molecule has 0 aromatic heterocycles. The lowest BCUT2D eigenvalue weighted by Crippen LogP contribution is -2.46. The second-order valence-corrected chi connectivity index (χ2v) is 7.22. The molecule has 0 saturated carbocycles. The Bertz CT molecular complexity index is 842. The van der Waals surface area contributed by atoms with Crippen molar-refractivity contribution in [1.82, 2.24) is 9.80 Å². The molecule has 0 fully saturated rings. The number of benzene rings is 2. The number of carbonyl (C=O) groups is 2. The summed E-state index contributed by atoms with van der Waals surface area (Å²) in [6, 6.07) is 13.2. The molecule has 2 rings (SSSR count). The summed E-state index contributed by atoms with van der Waals surface area (Å²) in [6.45, 7) is 1.22. The van der Waals surface area contributed by atoms with Gasteiger partial charge in [0.1, 0.15) is 5.75 Å². The molecule has 0 aliphatic carbocycles. The molecular formula is C22H27F2N3O3. The zero-order chi connectivity index (χ0) is 22.3. The van der Waals surface area contributed by atoms with Crippen LogP contribution in [0, 0.1) is 6.92 Å². The molecule has 0 unspecified atom stereocenters. The van der Waals surface area contributed by atoms with E-state index in [4.69, 9.17) is 0 Å². The quantitative estimate of drug-likeness (QED) is 0.676. The van der Waals surface area contributed by atoms with Crippen LogP contribution >= 0.6 is 0 Å². The number of nitrogens with zero attached hydrogens (tertiary/aromatic N) is 2. The van der Waals surface area contributed by atoms with Crippen LogP contribution in [0.25, 0.3) is 0 Å². The van der Waals surface area contributed by atoms with Crippen molar-refractivity contribution in [3.05, 3.63) is 59.7 Å². The van der Waals surface area contributed by atoms with E-state index in [1.54, 1.807) is 33.2 Å². The molecule has 2 aromatic rings. The number of likely N-dealkylation sites (N-methyl/N-ethyl adjacent to an activating group) is 2. The van der Waals surface area contributed by atoms with Crippen LogP contribution in [0.4, 0.5) is 14.5 Å². The van der Waals surface area contributed by atoms with Crippen molar-refractivity contribution in [1.29, 1.82) is 0 Å². The predicted octanol–water partition coefficient (Wildman–Crippen LogP) is 3.51. The monoisotopic (exact) mass is 419 g/mol. The second-order valence-electron chi connectivity index (χ2n) is 7.22. The van der Waals surface area contributed by atoms with E-state index in [0.717, 1.165) is 11.1 Å². The lowest BCUT2D eigenvalue weighted by atomic mass is 10.1. The Hall–Kier alpha value is -3.00. The highest BCUT2D eigenvalue weighted by molar-refractivity contribution is 5.95. The molecule has 0 radical (unpaired) electrons. The summed E-state index contributed by atoms with van der Waals surface area (Å²) < 4.78 is 28.8. The molecule has 0 bridgehead atoms. The fraction of sp³-hybridized carbons (Fsp3) is 0.364. The average Bonchev–Trinajstić information content (AvgIpc) is 2.69. The molecule has 0 aliphatic rings. The highest BCUT2D eigenvalue weighted by Crippen LogP contribution is 2.16. The first-order valence-corrected chi connectivity index (χ1v) is 9.51. The van der Waals surface area contributed by atoms with Crippen molar-refractivity contribution in [3.63, 3.8) is 0 Å². The van der Waals surface area contributed by atoms with E-state index in [2.05, 4.69) is 10.1 Å². The molecule has 162 valence electrons. The Balaban J connectivity index is 1.86. The minimum absolute atomic E-state index is 0.0649. The normalized spacial score (nSPS) is 12.0. The number of alkyl halides is 2. The fourth-order valence-electron chi connectivity index (χ4n) is 2.84. The van der Waals surface area contributed by atoms with Crippen LogP contribution in [0.15, 0.2) is 48.5 Å². The number of halogens is 2. The van der Waals surface area contributed by atoms with Gasteiger partial charge in [-0.2, -0.15) is 8.78 Å². The Kier molecular flexibility index (Phi) is 8.29. The van der Waals surface area contributed by atoms with Crippen LogP contribution in [0.5, 0.6) is 5.75 Å². The molecule has 0 heterocycles. The van der Waals surface area contributed by atoms with Gasteiger partial charge in [0.05, 0.1) is 12.6 Å². The third kappa shape index (κ3) is 7.11. The minimum atomic E-state index is -2.87. The van der Waals surface area contributed by atoms with E-state index in [-0.39, 0.29) is 24.1 Å². The molecule has 0 saturated heterocycles. The molecule has 1 atom stereocenters. The van der Waals surface area contributed by atoms with E-state index in [1.807, 2.05) is 36.1 Å². The Labute approximate surface area is 175 Å². The number of carbonyl (C=O) groups excluding carboxylic acids is 2. The summed E-state index contributed by atoms with van der Waals surface area (Å²) in [6.07, 6.45) is 0. The van der Waals surface area contributed by atoms with E-state index >= 15 is 0 Å². The zero-order valence-corrected chi connectivity index (χ0v) is 17.6. The molecule has 6 nitrogen and oxygen atoms in total. The molecule has 30 heavy (non-hydrogen) atoms. The summed E-state index contributed by atoms with van der Waals surface area (Å²) in [7, 11) is 3.37. The fourth-order valence-corrected chi connectivity index (χ4v) is 2.84. The van der Waals surface area contributed by atoms with E-state index in [9.17, 15) is 18.4 Å². The standard InChI is InChI=1S/C22H27F2N3O3/c1-15-5-9-18(10-6-15)25-20(28)14-27(4)21(29)16(2)26(3)13-17-7-11-19(12-8-17)30-22(23)24/h5-12,16,22H,13-14H2,1-4H3,(H,25,28)/t16-/m0/s1. The average molecular weight is 419 g/mol. The van der Waals surface area contributed by atoms with Gasteiger partial charge in [-0.1, -0.05) is 29.8 Å². The zero-order valence-electron chi connectivity index (χ0n) is 17.6. The second kappa shape index (κ2) is 10.7. The SMILES string of the molecule is Cc1ccc(NC(=O)CN(C)C(=O)[C@H](C)N(C)Cc2ccc(OC(F)F)cc2)cc1. The first kappa shape index (κ1) is 23.3. The maximum absolute atomic E-state index is 12.7. The highest BCUT2D eigenvalue weighted by atomic mass is 19.3. The van der Waals surface area contributed by atoms with Crippen molar-refractivity contribution < 1.29 is 23.1 Å². The van der Waals surface area contributed by atoms with Crippen LogP contribution in [-0.4, -0.2) is 54.9 Å². The molecule has 2 aromatic carbocycles. The molecule has 1 N–H and O–H groups in total. The molecule has 8 heteroatoms.